The van der Waals surface area contributed by atoms with Crippen molar-refractivity contribution in [1.29, 1.82) is 0 Å². The van der Waals surface area contributed by atoms with E-state index in [2.05, 4.69) is 28.6 Å². The van der Waals surface area contributed by atoms with Crippen molar-refractivity contribution >= 4 is 22.8 Å². The molecule has 5 nitrogen and oxygen atoms in total. The van der Waals surface area contributed by atoms with Gasteiger partial charge in [-0.2, -0.15) is 0 Å². The van der Waals surface area contributed by atoms with E-state index in [-0.39, 0.29) is 23.7 Å². The van der Waals surface area contributed by atoms with Crippen LogP contribution in [0.1, 0.15) is 53.8 Å². The summed E-state index contributed by atoms with van der Waals surface area (Å²) in [6, 6.07) is 19.7. The van der Waals surface area contributed by atoms with Gasteiger partial charge in [-0.15, -0.1) is 0 Å². The summed E-state index contributed by atoms with van der Waals surface area (Å²) in [5.41, 5.74) is 5.37. The van der Waals surface area contributed by atoms with Crippen molar-refractivity contribution in [2.24, 2.45) is 5.92 Å². The zero-order valence-corrected chi connectivity index (χ0v) is 18.3. The van der Waals surface area contributed by atoms with Gasteiger partial charge < -0.3 is 9.47 Å². The summed E-state index contributed by atoms with van der Waals surface area (Å²) in [5.74, 6) is 0.338. The molecule has 1 amide bonds. The SMILES string of the molecule is CC1=C(c2ccccc2)C(CC(=O)C2CCN(C(=O)c3ccccc3)CC2)n2cncc21. The first-order chi connectivity index (χ1) is 15.6. The number of imidazole rings is 1. The van der Waals surface area contributed by atoms with Crippen LogP contribution in [0.15, 0.2) is 73.2 Å². The third-order valence-electron chi connectivity index (χ3n) is 6.86. The smallest absolute Gasteiger partial charge is 0.253 e. The van der Waals surface area contributed by atoms with Gasteiger partial charge in [0, 0.05) is 31.0 Å². The van der Waals surface area contributed by atoms with Crippen molar-refractivity contribution in [3.8, 4) is 0 Å². The molecule has 5 heteroatoms. The van der Waals surface area contributed by atoms with E-state index in [1.807, 2.05) is 66.0 Å². The molecule has 2 aliphatic rings. The lowest BCUT2D eigenvalue weighted by Gasteiger charge is -2.32. The first kappa shape index (κ1) is 20.4. The third-order valence-corrected chi connectivity index (χ3v) is 6.86. The van der Waals surface area contributed by atoms with E-state index in [0.717, 1.165) is 24.1 Å². The lowest BCUT2D eigenvalue weighted by Crippen LogP contribution is -2.40. The van der Waals surface area contributed by atoms with E-state index in [0.29, 0.717) is 25.1 Å². The van der Waals surface area contributed by atoms with E-state index in [4.69, 9.17) is 0 Å². The number of carbonyl (C=O) groups excluding carboxylic acids is 2. The highest BCUT2D eigenvalue weighted by atomic mass is 16.2. The molecule has 3 heterocycles. The number of hydrogen-bond acceptors (Lipinski definition) is 3. The molecule has 32 heavy (non-hydrogen) atoms. The van der Waals surface area contributed by atoms with Crippen molar-refractivity contribution in [2.75, 3.05) is 13.1 Å². The highest BCUT2D eigenvalue weighted by Gasteiger charge is 2.34. The van der Waals surface area contributed by atoms with Gasteiger partial charge in [-0.25, -0.2) is 4.98 Å². The van der Waals surface area contributed by atoms with Gasteiger partial charge in [-0.05, 0) is 48.6 Å². The predicted molar refractivity (Wildman–Crippen MR) is 125 cm³/mol. The van der Waals surface area contributed by atoms with Crippen LogP contribution in [-0.2, 0) is 4.79 Å². The summed E-state index contributed by atoms with van der Waals surface area (Å²) >= 11 is 0. The fourth-order valence-corrected chi connectivity index (χ4v) is 5.12. The Morgan fingerprint density at radius 1 is 0.969 bits per heavy atom. The summed E-state index contributed by atoms with van der Waals surface area (Å²) in [6.45, 7) is 3.38. The Bertz CT molecular complexity index is 1160. The van der Waals surface area contributed by atoms with E-state index in [1.165, 1.54) is 11.1 Å². The van der Waals surface area contributed by atoms with Crippen molar-refractivity contribution < 1.29 is 9.59 Å². The second kappa shape index (κ2) is 8.58. The number of carbonyl (C=O) groups is 2. The molecule has 5 rings (SSSR count). The van der Waals surface area contributed by atoms with Gasteiger partial charge >= 0.3 is 0 Å². The van der Waals surface area contributed by atoms with Crippen LogP contribution in [-0.4, -0.2) is 39.2 Å². The first-order valence-corrected chi connectivity index (χ1v) is 11.3. The standard InChI is InChI=1S/C27H27N3O2/c1-19-24-17-28-18-30(24)23(26(19)21-8-4-2-5-9-21)16-25(31)20-12-14-29(15-13-20)27(32)22-10-6-3-7-11-22/h2-11,17-18,20,23H,12-16H2,1H3. The Balaban J connectivity index is 1.28. The number of benzene rings is 2. The molecule has 2 aliphatic heterocycles. The number of ketones is 1. The predicted octanol–water partition coefficient (Wildman–Crippen LogP) is 4.88. The highest BCUT2D eigenvalue weighted by molar-refractivity contribution is 5.97. The Kier molecular flexibility index (Phi) is 5.48. The number of rotatable bonds is 5. The van der Waals surface area contributed by atoms with E-state index < -0.39 is 0 Å². The van der Waals surface area contributed by atoms with Crippen LogP contribution in [0, 0.1) is 5.92 Å². The van der Waals surface area contributed by atoms with Gasteiger partial charge in [0.2, 0.25) is 0 Å². The van der Waals surface area contributed by atoms with Gasteiger partial charge in [-0.3, -0.25) is 9.59 Å². The average Bonchev–Trinajstić information content (AvgIpc) is 3.43. The van der Waals surface area contributed by atoms with Crippen molar-refractivity contribution in [2.45, 2.75) is 32.2 Å². The van der Waals surface area contributed by atoms with Gasteiger partial charge in [0.1, 0.15) is 5.78 Å². The van der Waals surface area contributed by atoms with Crippen LogP contribution in [0.5, 0.6) is 0 Å². The summed E-state index contributed by atoms with van der Waals surface area (Å²) in [6.07, 6.45) is 5.64. The summed E-state index contributed by atoms with van der Waals surface area (Å²) < 4.78 is 2.14. The van der Waals surface area contributed by atoms with Crippen LogP contribution in [0.3, 0.4) is 0 Å². The van der Waals surface area contributed by atoms with Crippen LogP contribution in [0.25, 0.3) is 11.1 Å². The Labute approximate surface area is 188 Å². The first-order valence-electron chi connectivity index (χ1n) is 11.3. The molecular formula is C27H27N3O2. The second-order valence-electron chi connectivity index (χ2n) is 8.71. The van der Waals surface area contributed by atoms with Crippen LogP contribution < -0.4 is 0 Å². The molecular weight excluding hydrogens is 398 g/mol. The average molecular weight is 426 g/mol. The zero-order valence-electron chi connectivity index (χ0n) is 18.3. The lowest BCUT2D eigenvalue weighted by atomic mass is 9.86. The highest BCUT2D eigenvalue weighted by Crippen LogP contribution is 2.44. The maximum atomic E-state index is 13.4. The fourth-order valence-electron chi connectivity index (χ4n) is 5.12. The molecule has 0 N–H and O–H groups in total. The monoisotopic (exact) mass is 425 g/mol. The number of likely N-dealkylation sites (tertiary alicyclic amines) is 1. The number of aromatic nitrogens is 2. The number of hydrogen-bond donors (Lipinski definition) is 0. The number of amides is 1. The zero-order chi connectivity index (χ0) is 22.1. The largest absolute Gasteiger partial charge is 0.339 e. The number of allylic oxidation sites excluding steroid dienone is 2. The Hall–Kier alpha value is -3.47. The molecule has 1 unspecified atom stereocenters. The molecule has 0 spiro atoms. The van der Waals surface area contributed by atoms with Crippen molar-refractivity contribution in [3.05, 3.63) is 90.0 Å². The molecule has 0 bridgehead atoms. The molecule has 1 saturated heterocycles. The van der Waals surface area contributed by atoms with Gasteiger partial charge in [0.15, 0.2) is 0 Å². The normalized spacial score (nSPS) is 18.7. The molecule has 2 aromatic carbocycles. The van der Waals surface area contributed by atoms with Crippen molar-refractivity contribution in [3.63, 3.8) is 0 Å². The minimum absolute atomic E-state index is 0.000255. The lowest BCUT2D eigenvalue weighted by molar-refractivity contribution is -0.124. The maximum Gasteiger partial charge on any atom is 0.253 e. The Morgan fingerprint density at radius 3 is 2.31 bits per heavy atom. The van der Waals surface area contributed by atoms with E-state index in [9.17, 15) is 9.59 Å². The van der Waals surface area contributed by atoms with Gasteiger partial charge in [0.05, 0.1) is 24.3 Å². The van der Waals surface area contributed by atoms with E-state index >= 15 is 0 Å². The molecule has 1 fully saturated rings. The molecule has 0 saturated carbocycles. The van der Waals surface area contributed by atoms with Crippen LogP contribution in [0.4, 0.5) is 0 Å². The third kappa shape index (κ3) is 3.68. The van der Waals surface area contributed by atoms with Crippen molar-refractivity contribution in [1.82, 2.24) is 14.5 Å². The maximum absolute atomic E-state index is 13.4. The second-order valence-corrected chi connectivity index (χ2v) is 8.71. The quantitative estimate of drug-likeness (QED) is 0.585. The number of fused-ring (bicyclic) bond motifs is 1. The molecule has 0 aliphatic carbocycles. The molecule has 1 aromatic heterocycles. The molecule has 3 aromatic rings. The van der Waals surface area contributed by atoms with Crippen LogP contribution >= 0.6 is 0 Å². The minimum Gasteiger partial charge on any atom is -0.339 e. The fraction of sp³-hybridized carbons (Fsp3) is 0.296. The summed E-state index contributed by atoms with van der Waals surface area (Å²) in [4.78, 5) is 32.3. The Morgan fingerprint density at radius 2 is 1.62 bits per heavy atom. The number of nitrogens with zero attached hydrogens (tertiary/aromatic N) is 3. The van der Waals surface area contributed by atoms with Crippen LogP contribution in [0.2, 0.25) is 0 Å². The van der Waals surface area contributed by atoms with Gasteiger partial charge in [0.25, 0.3) is 5.91 Å². The molecule has 1 atom stereocenters. The van der Waals surface area contributed by atoms with Gasteiger partial charge in [-0.1, -0.05) is 48.5 Å². The van der Waals surface area contributed by atoms with E-state index in [1.54, 1.807) is 0 Å². The number of Topliss-reactive ketones (excluding diaryl/α,β-unsaturated/α-hetero) is 1. The molecule has 162 valence electrons. The molecule has 0 radical (unpaired) electrons. The summed E-state index contributed by atoms with van der Waals surface area (Å²) in [5, 5.41) is 0. The summed E-state index contributed by atoms with van der Waals surface area (Å²) in [7, 11) is 0. The number of piperidine rings is 1. The topological polar surface area (TPSA) is 55.2 Å². The minimum atomic E-state index is -0.0219.